The number of hydrogen-bond donors (Lipinski definition) is 2. The Kier molecular flexibility index (Phi) is 2.23. The fourth-order valence-corrected chi connectivity index (χ4v) is 0.981. The van der Waals surface area contributed by atoms with E-state index in [2.05, 4.69) is 4.98 Å². The first-order chi connectivity index (χ1) is 5.69. The quantitative estimate of drug-likeness (QED) is 0.580. The minimum Gasteiger partial charge on any atom is -0.304 e. The van der Waals surface area contributed by atoms with Gasteiger partial charge in [0.05, 0.1) is 5.69 Å². The average Bonchev–Trinajstić information content (AvgIpc) is 2.03. The van der Waals surface area contributed by atoms with Crippen LogP contribution in [0.5, 0.6) is 0 Å². The van der Waals surface area contributed by atoms with Crippen LogP contribution in [0, 0.1) is 0 Å². The van der Waals surface area contributed by atoms with Gasteiger partial charge in [0.2, 0.25) is 0 Å². The molecule has 1 heterocycles. The second-order valence-corrected chi connectivity index (χ2v) is 2.27. The van der Waals surface area contributed by atoms with Crippen molar-refractivity contribution in [3.63, 3.8) is 0 Å². The largest absolute Gasteiger partial charge is 0.326 e. The van der Waals surface area contributed by atoms with Gasteiger partial charge in [0.25, 0.3) is 5.56 Å². The Hall–Kier alpha value is -1.65. The fourth-order valence-electron chi connectivity index (χ4n) is 0.981. The molecule has 1 aromatic heterocycles. The lowest BCUT2D eigenvalue weighted by Gasteiger charge is -1.96. The summed E-state index contributed by atoms with van der Waals surface area (Å²) in [5.74, 6) is 0. The lowest BCUT2D eigenvalue weighted by atomic mass is 10.2. The van der Waals surface area contributed by atoms with Crippen molar-refractivity contribution in [2.24, 2.45) is 0 Å². The number of aromatic nitrogens is 2. The topological polar surface area (TPSA) is 82.8 Å². The van der Waals surface area contributed by atoms with E-state index in [-0.39, 0.29) is 5.69 Å². The highest BCUT2D eigenvalue weighted by Crippen LogP contribution is 1.93. The summed E-state index contributed by atoms with van der Waals surface area (Å²) in [6.07, 6.45) is 0.885. The van der Waals surface area contributed by atoms with Gasteiger partial charge in [-0.2, -0.15) is 0 Å². The van der Waals surface area contributed by atoms with Gasteiger partial charge < -0.3 is 4.98 Å². The van der Waals surface area contributed by atoms with E-state index in [1.807, 2.05) is 4.98 Å². The van der Waals surface area contributed by atoms with Crippen molar-refractivity contribution in [1.82, 2.24) is 9.97 Å². The van der Waals surface area contributed by atoms with Gasteiger partial charge in [0.1, 0.15) is 0 Å². The molecule has 0 saturated carbocycles. The second-order valence-electron chi connectivity index (χ2n) is 2.27. The third kappa shape index (κ3) is 1.34. The van der Waals surface area contributed by atoms with Crippen molar-refractivity contribution >= 4 is 6.29 Å². The van der Waals surface area contributed by atoms with Crippen LogP contribution in [0.4, 0.5) is 0 Å². The van der Waals surface area contributed by atoms with Crippen molar-refractivity contribution < 1.29 is 4.79 Å². The molecule has 0 atom stereocenters. The smallest absolute Gasteiger partial charge is 0.304 e. The van der Waals surface area contributed by atoms with Gasteiger partial charge in [-0.05, 0) is 6.42 Å². The summed E-state index contributed by atoms with van der Waals surface area (Å²) in [5, 5.41) is 0. The molecular formula is C7H8N2O3. The zero-order valence-electron chi connectivity index (χ0n) is 6.51. The first kappa shape index (κ1) is 8.45. The molecule has 0 spiro atoms. The van der Waals surface area contributed by atoms with E-state index < -0.39 is 11.2 Å². The van der Waals surface area contributed by atoms with Crippen LogP contribution in [0.3, 0.4) is 0 Å². The number of hydrogen-bond acceptors (Lipinski definition) is 3. The SMILES string of the molecule is CCc1c(C=O)[nH]c(=O)[nH]c1=O. The Bertz CT molecular complexity index is 402. The van der Waals surface area contributed by atoms with E-state index in [0.29, 0.717) is 18.3 Å². The van der Waals surface area contributed by atoms with Gasteiger partial charge in [0, 0.05) is 5.56 Å². The molecule has 0 fully saturated rings. The number of nitrogens with one attached hydrogen (secondary N) is 2. The Morgan fingerprint density at radius 3 is 2.50 bits per heavy atom. The van der Waals surface area contributed by atoms with Crippen molar-refractivity contribution in [3.05, 3.63) is 32.1 Å². The van der Waals surface area contributed by atoms with E-state index in [4.69, 9.17) is 0 Å². The molecule has 12 heavy (non-hydrogen) atoms. The van der Waals surface area contributed by atoms with Crippen molar-refractivity contribution in [1.29, 1.82) is 0 Å². The molecule has 1 aromatic rings. The Morgan fingerprint density at radius 2 is 2.00 bits per heavy atom. The molecule has 64 valence electrons. The maximum atomic E-state index is 11.0. The fraction of sp³-hybridized carbons (Fsp3) is 0.286. The van der Waals surface area contributed by atoms with Gasteiger partial charge in [-0.3, -0.25) is 14.6 Å². The molecular weight excluding hydrogens is 160 g/mol. The first-order valence-electron chi connectivity index (χ1n) is 3.49. The molecule has 0 radical (unpaired) electrons. The Balaban J connectivity index is 3.55. The molecule has 5 nitrogen and oxygen atoms in total. The van der Waals surface area contributed by atoms with Crippen LogP contribution >= 0.6 is 0 Å². The molecule has 0 saturated heterocycles. The second kappa shape index (κ2) is 3.17. The molecule has 5 heteroatoms. The maximum Gasteiger partial charge on any atom is 0.326 e. The molecule has 0 aliphatic carbocycles. The van der Waals surface area contributed by atoms with Crippen LogP contribution in [0.1, 0.15) is 23.0 Å². The molecule has 1 rings (SSSR count). The Morgan fingerprint density at radius 1 is 1.33 bits per heavy atom. The number of carbonyl (C=O) groups is 1. The monoisotopic (exact) mass is 168 g/mol. The number of rotatable bonds is 2. The highest BCUT2D eigenvalue weighted by Gasteiger charge is 2.04. The van der Waals surface area contributed by atoms with Crippen LogP contribution in [-0.2, 0) is 6.42 Å². The minimum atomic E-state index is -0.653. The summed E-state index contributed by atoms with van der Waals surface area (Å²) in [4.78, 5) is 36.3. The van der Waals surface area contributed by atoms with Gasteiger partial charge >= 0.3 is 5.69 Å². The molecule has 0 amide bonds. The highest BCUT2D eigenvalue weighted by atomic mass is 16.2. The highest BCUT2D eigenvalue weighted by molar-refractivity contribution is 5.73. The maximum absolute atomic E-state index is 11.0. The number of carbonyl (C=O) groups excluding carboxylic acids is 1. The summed E-state index contributed by atoms with van der Waals surface area (Å²) < 4.78 is 0. The zero-order chi connectivity index (χ0) is 9.14. The van der Waals surface area contributed by atoms with Crippen molar-refractivity contribution in [2.45, 2.75) is 13.3 Å². The van der Waals surface area contributed by atoms with Crippen LogP contribution in [0.25, 0.3) is 0 Å². The molecule has 0 aliphatic rings. The predicted octanol–water partition coefficient (Wildman–Crippen LogP) is -0.562. The summed E-state index contributed by atoms with van der Waals surface area (Å²) in [6.45, 7) is 1.73. The van der Waals surface area contributed by atoms with Gasteiger partial charge in [-0.1, -0.05) is 6.92 Å². The summed E-state index contributed by atoms with van der Waals surface area (Å²) in [7, 11) is 0. The summed E-state index contributed by atoms with van der Waals surface area (Å²) in [6, 6.07) is 0. The zero-order valence-corrected chi connectivity index (χ0v) is 6.51. The van der Waals surface area contributed by atoms with Gasteiger partial charge in [0.15, 0.2) is 6.29 Å². The van der Waals surface area contributed by atoms with Crippen LogP contribution < -0.4 is 11.2 Å². The van der Waals surface area contributed by atoms with E-state index in [1.165, 1.54) is 0 Å². The van der Waals surface area contributed by atoms with E-state index in [9.17, 15) is 14.4 Å². The lowest BCUT2D eigenvalue weighted by molar-refractivity contribution is 0.111. The lowest BCUT2D eigenvalue weighted by Crippen LogP contribution is -2.27. The molecule has 2 N–H and O–H groups in total. The number of H-pyrrole nitrogens is 2. The molecule has 0 aromatic carbocycles. The van der Waals surface area contributed by atoms with E-state index >= 15 is 0 Å². The minimum absolute atomic E-state index is 0.0613. The predicted molar refractivity (Wildman–Crippen MR) is 42.4 cm³/mol. The third-order valence-corrected chi connectivity index (χ3v) is 1.55. The number of aldehydes is 1. The summed E-state index contributed by atoms with van der Waals surface area (Å²) >= 11 is 0. The van der Waals surface area contributed by atoms with Crippen LogP contribution in [0.2, 0.25) is 0 Å². The van der Waals surface area contributed by atoms with E-state index in [1.54, 1.807) is 6.92 Å². The Labute approximate surface area is 67.5 Å². The standard InChI is InChI=1S/C7H8N2O3/c1-2-4-5(3-10)8-7(12)9-6(4)11/h3H,2H2,1H3,(H2,8,9,11,12). The van der Waals surface area contributed by atoms with E-state index in [0.717, 1.165) is 0 Å². The number of aromatic amines is 2. The first-order valence-corrected chi connectivity index (χ1v) is 3.49. The van der Waals surface area contributed by atoms with Gasteiger partial charge in [-0.15, -0.1) is 0 Å². The normalized spacial score (nSPS) is 9.75. The van der Waals surface area contributed by atoms with Gasteiger partial charge in [-0.25, -0.2) is 4.79 Å². The summed E-state index contributed by atoms with van der Waals surface area (Å²) in [5.41, 5.74) is -0.779. The molecule has 0 aliphatic heterocycles. The van der Waals surface area contributed by atoms with Crippen molar-refractivity contribution in [2.75, 3.05) is 0 Å². The van der Waals surface area contributed by atoms with Crippen LogP contribution in [-0.4, -0.2) is 16.3 Å². The molecule has 0 unspecified atom stereocenters. The molecule has 0 bridgehead atoms. The van der Waals surface area contributed by atoms with Crippen LogP contribution in [0.15, 0.2) is 9.59 Å². The average molecular weight is 168 g/mol. The van der Waals surface area contributed by atoms with Crippen molar-refractivity contribution in [3.8, 4) is 0 Å². The third-order valence-electron chi connectivity index (χ3n) is 1.55.